The second-order valence-electron chi connectivity index (χ2n) is 28.5. The first-order valence-corrected chi connectivity index (χ1v) is 45.4. The van der Waals surface area contributed by atoms with E-state index in [0.29, 0.717) is 63.4 Å². The summed E-state index contributed by atoms with van der Waals surface area (Å²) in [5.41, 5.74) is 0. The van der Waals surface area contributed by atoms with Crippen molar-refractivity contribution in [3.8, 4) is 0 Å². The van der Waals surface area contributed by atoms with Crippen LogP contribution in [0, 0.1) is 0 Å². The first-order valence-electron chi connectivity index (χ1n) is 39.3. The highest BCUT2D eigenvalue weighted by Crippen LogP contribution is 2.57. The van der Waals surface area contributed by atoms with Crippen molar-refractivity contribution in [2.75, 3.05) is 172 Å². The summed E-state index contributed by atoms with van der Waals surface area (Å²) in [5.74, 6) is 1.66. The Morgan fingerprint density at radius 3 is 1.04 bits per heavy atom. The highest BCUT2D eigenvalue weighted by Gasteiger charge is 2.45. The Labute approximate surface area is 598 Å². The van der Waals surface area contributed by atoms with Gasteiger partial charge in [-0.2, -0.15) is 14.3 Å². The lowest BCUT2D eigenvalue weighted by atomic mass is 10.1. The lowest BCUT2D eigenvalue weighted by Crippen LogP contribution is -2.46. The van der Waals surface area contributed by atoms with E-state index in [-0.39, 0.29) is 92.1 Å². The minimum absolute atomic E-state index is 0.00749. The molecule has 0 saturated carbocycles. The molecular weight excluding hydrogens is 1340 g/mol. The number of aliphatic hydroxyl groups excluding tert-OH is 1. The van der Waals surface area contributed by atoms with E-state index in [1.165, 1.54) is 146 Å². The number of aliphatic hydroxyl groups is 1. The lowest BCUT2D eigenvalue weighted by Gasteiger charge is -2.39. The molecule has 7 atom stereocenters. The van der Waals surface area contributed by atoms with Gasteiger partial charge in [0.25, 0.3) is 0 Å². The van der Waals surface area contributed by atoms with Crippen LogP contribution >= 0.6 is 30.8 Å². The number of phosphoric ester groups is 1. The molecule has 26 nitrogen and oxygen atoms in total. The maximum atomic E-state index is 16.2. The van der Waals surface area contributed by atoms with Gasteiger partial charge in [-0.3, -0.25) is 18.1 Å². The molecule has 578 valence electrons. The van der Waals surface area contributed by atoms with Gasteiger partial charge in [-0.25, -0.2) is 32.3 Å². The fourth-order valence-electron chi connectivity index (χ4n) is 13.7. The van der Waals surface area contributed by atoms with Crippen molar-refractivity contribution in [1.82, 2.24) is 43.4 Å². The molecule has 3 N–H and O–H groups in total. The molecule has 0 bridgehead atoms. The number of ether oxygens (including phenoxy) is 3. The molecule has 0 spiro atoms. The second-order valence-corrected chi connectivity index (χ2v) is 35.8. The molecule has 6 fully saturated rings. The molecule has 6 saturated heterocycles. The Balaban J connectivity index is 1.18. The largest absolute Gasteiger partial charge is 0.472 e. The third-order valence-electron chi connectivity index (χ3n) is 20.0. The average Bonchev–Trinajstić information content (AvgIpc) is 1.76. The van der Waals surface area contributed by atoms with Crippen molar-refractivity contribution >= 4 is 48.7 Å². The summed E-state index contributed by atoms with van der Waals surface area (Å²) in [5, 5.41) is 9.14. The van der Waals surface area contributed by atoms with Crippen LogP contribution < -0.4 is 0 Å². The maximum Gasteiger partial charge on any atom is 0.472 e. The van der Waals surface area contributed by atoms with Gasteiger partial charge in [0, 0.05) is 126 Å². The average molecular weight is 1480 g/mol. The van der Waals surface area contributed by atoms with Crippen LogP contribution in [-0.4, -0.2) is 267 Å². The Kier molecular flexibility index (Phi) is 42.1. The quantitative estimate of drug-likeness (QED) is 0.0377. The number of unbranched alkanes of at least 4 members (excludes halogenated alkanes) is 30. The number of likely N-dealkylation sites (N-methyl/N-ethyl adjacent to an activating group) is 3. The summed E-state index contributed by atoms with van der Waals surface area (Å²) < 4.78 is 122. The van der Waals surface area contributed by atoms with Crippen LogP contribution in [0.15, 0.2) is 14.3 Å². The lowest BCUT2D eigenvalue weighted by molar-refractivity contribution is -0.0465. The van der Waals surface area contributed by atoms with E-state index in [9.17, 15) is 18.9 Å². The van der Waals surface area contributed by atoms with Crippen molar-refractivity contribution in [3.05, 3.63) is 0 Å². The first kappa shape index (κ1) is 86.1. The van der Waals surface area contributed by atoms with Gasteiger partial charge in [-0.05, 0) is 32.1 Å². The van der Waals surface area contributed by atoms with Crippen molar-refractivity contribution in [2.45, 2.75) is 257 Å². The molecular formula is C69H138N12O14P4. The van der Waals surface area contributed by atoms with E-state index in [2.05, 4.69) is 40.2 Å². The molecule has 6 rings (SSSR count). The third-order valence-corrected chi connectivity index (χ3v) is 26.5. The van der Waals surface area contributed by atoms with Gasteiger partial charge in [0.15, 0.2) is 0 Å². The van der Waals surface area contributed by atoms with Crippen LogP contribution in [0.4, 0.5) is 0 Å². The number of hydrogen-bond donors (Lipinski definition) is 3. The molecule has 6 aliphatic heterocycles. The number of nitrogens with zero attached hydrogens (tertiary/aromatic N) is 12. The molecule has 0 aromatic rings. The minimum atomic E-state index is -4.46. The normalized spacial score (nSPS) is 23.9. The van der Waals surface area contributed by atoms with E-state index >= 15 is 9.13 Å². The molecule has 99 heavy (non-hydrogen) atoms. The fraction of sp³-hybridized carbons (Fsp3) is 0.957. The van der Waals surface area contributed by atoms with Crippen LogP contribution in [0.5, 0.6) is 0 Å². The highest BCUT2D eigenvalue weighted by molar-refractivity contribution is 7.55. The molecule has 0 aliphatic carbocycles. The van der Waals surface area contributed by atoms with Crippen LogP contribution in [0.2, 0.25) is 0 Å². The fourth-order valence-corrected chi connectivity index (χ4v) is 19.8. The van der Waals surface area contributed by atoms with Gasteiger partial charge in [0.2, 0.25) is 17.9 Å². The zero-order chi connectivity index (χ0) is 71.0. The van der Waals surface area contributed by atoms with Crippen molar-refractivity contribution in [2.24, 2.45) is 14.3 Å². The topological polar surface area (TPSA) is 260 Å². The van der Waals surface area contributed by atoms with E-state index in [1.807, 2.05) is 35.8 Å². The molecule has 4 unspecified atom stereocenters. The number of phosphoric acid groups is 1. The minimum Gasteiger partial charge on any atom is -0.396 e. The summed E-state index contributed by atoms with van der Waals surface area (Å²) >= 11 is 0. The zero-order valence-electron chi connectivity index (χ0n) is 62.5. The SMILES string of the molecule is CCCCCCCCCCCCN1CCN(C)C1=NP(=O)(O)N1CCO[C@@H](COP(=O)(N=C2N(C)CCN2CCCCCCCCCCCC)N2CCO[C@@H](COP(=O)(N=C3N(C)CCN3CCCCCCCCCCCC)N3CCO[C@@H](COP(=O)(O)OCCCCCCO)C3)C2)C1. The number of rotatable bonds is 55. The Morgan fingerprint density at radius 2 is 0.677 bits per heavy atom. The Hall–Kier alpha value is -1.79. The number of guanidine groups is 3. The maximum absolute atomic E-state index is 16.2. The van der Waals surface area contributed by atoms with Gasteiger partial charge >= 0.3 is 30.8 Å². The molecule has 30 heteroatoms. The Morgan fingerprint density at radius 1 is 0.374 bits per heavy atom. The van der Waals surface area contributed by atoms with Crippen LogP contribution in [0.25, 0.3) is 0 Å². The van der Waals surface area contributed by atoms with Crippen molar-refractivity contribution < 1.29 is 65.5 Å². The van der Waals surface area contributed by atoms with Crippen LogP contribution in [-0.2, 0) is 50.6 Å². The standard InChI is InChI=1S/C69H138N12O14P4/c1-7-10-13-16-19-22-25-28-31-36-41-76-47-44-73(4)67(76)70-96(83,84)79-50-55-89-64(58-79)61-93-97(85,71-68-74(5)45-48-77(68)42-37-32-29-26-23-20-17-14-11-8-2)80-51-56-90-65(59-80)62-94-98(86,72-69-75(6)46-49-78(69)43-38-33-30-27-24-21-18-15-12-9-3)81-52-57-91-66(60-81)63-95-99(87,88)92-54-40-35-34-39-53-82/h64-66,82H,7-63H2,1-6H3,(H,83,84)(H,87,88)/t64-,65-,66-,97?,98?/m1/s1. The Bertz CT molecular complexity index is 2500. The first-order chi connectivity index (χ1) is 47.9. The second kappa shape index (κ2) is 48.4. The van der Waals surface area contributed by atoms with E-state index in [4.69, 9.17) is 46.9 Å². The number of morpholine rings is 3. The van der Waals surface area contributed by atoms with Gasteiger partial charge in [0.05, 0.1) is 64.6 Å². The van der Waals surface area contributed by atoms with Crippen molar-refractivity contribution in [1.29, 1.82) is 0 Å². The highest BCUT2D eigenvalue weighted by atomic mass is 31.2. The zero-order valence-corrected chi connectivity index (χ0v) is 66.1. The van der Waals surface area contributed by atoms with Gasteiger partial charge in [0.1, 0.15) is 0 Å². The van der Waals surface area contributed by atoms with E-state index in [1.54, 1.807) is 9.34 Å². The molecule has 6 heterocycles. The van der Waals surface area contributed by atoms with E-state index < -0.39 is 49.1 Å². The van der Waals surface area contributed by atoms with Gasteiger partial charge in [-0.15, -0.1) is 0 Å². The monoisotopic (exact) mass is 1480 g/mol. The van der Waals surface area contributed by atoms with Crippen LogP contribution in [0.1, 0.15) is 239 Å². The molecule has 0 radical (unpaired) electrons. The summed E-state index contributed by atoms with van der Waals surface area (Å²) in [6.07, 6.45) is 36.9. The van der Waals surface area contributed by atoms with Crippen LogP contribution in [0.3, 0.4) is 0 Å². The molecule has 6 aliphatic rings. The summed E-state index contributed by atoms with van der Waals surface area (Å²) in [7, 11) is -11.3. The third kappa shape index (κ3) is 32.1. The predicted molar refractivity (Wildman–Crippen MR) is 399 cm³/mol. The molecule has 0 aromatic heterocycles. The summed E-state index contributed by atoms with van der Waals surface area (Å²) in [4.78, 5) is 35.0. The van der Waals surface area contributed by atoms with Gasteiger partial charge in [-0.1, -0.05) is 207 Å². The smallest absolute Gasteiger partial charge is 0.396 e. The van der Waals surface area contributed by atoms with Gasteiger partial charge < -0.3 is 58.5 Å². The molecule has 0 aromatic carbocycles. The number of hydrogen-bond acceptors (Lipinski definition) is 12. The van der Waals surface area contributed by atoms with E-state index in [0.717, 1.165) is 90.4 Å². The van der Waals surface area contributed by atoms with Crippen molar-refractivity contribution in [3.63, 3.8) is 0 Å². The summed E-state index contributed by atoms with van der Waals surface area (Å²) in [6, 6.07) is 0. The predicted octanol–water partition coefficient (Wildman–Crippen LogP) is 13.7. The summed E-state index contributed by atoms with van der Waals surface area (Å²) in [6.45, 7) is 13.7. The molecule has 0 amide bonds.